The van der Waals surface area contributed by atoms with Crippen LogP contribution < -0.4 is 0 Å². The molecule has 0 aliphatic carbocycles. The van der Waals surface area contributed by atoms with Crippen LogP contribution in [0.4, 0.5) is 0 Å². The number of carbonyl (C=O) groups is 4. The van der Waals surface area contributed by atoms with Crippen molar-refractivity contribution >= 4 is 39.5 Å². The van der Waals surface area contributed by atoms with Crippen LogP contribution in [0.15, 0.2) is 0 Å². The van der Waals surface area contributed by atoms with E-state index in [4.69, 9.17) is 37.0 Å². The average Bonchev–Trinajstić information content (AvgIpc) is 2.65. The number of carbonyl (C=O) groups excluding carboxylic acids is 4. The normalized spacial score (nSPS) is 14.0. The van der Waals surface area contributed by atoms with E-state index in [0.29, 0.717) is 25.7 Å². The number of unbranched alkanes of at least 4 members (excludes halogenated alkanes) is 46. The molecule has 2 unspecified atom stereocenters. The topological polar surface area (TPSA) is 237 Å². The van der Waals surface area contributed by atoms with E-state index in [1.54, 1.807) is 0 Å². The van der Waals surface area contributed by atoms with E-state index in [2.05, 4.69) is 34.6 Å². The Balaban J connectivity index is 5.14. The smallest absolute Gasteiger partial charge is 0.462 e. The van der Waals surface area contributed by atoms with Gasteiger partial charge in [-0.15, -0.1) is 0 Å². The number of aliphatic hydroxyl groups excluding tert-OH is 1. The van der Waals surface area contributed by atoms with Crippen molar-refractivity contribution in [2.24, 2.45) is 5.92 Å². The van der Waals surface area contributed by atoms with Gasteiger partial charge in [-0.1, -0.05) is 336 Å². The molecule has 93 heavy (non-hydrogen) atoms. The molecule has 0 aromatic carbocycles. The van der Waals surface area contributed by atoms with Crippen LogP contribution in [0.1, 0.15) is 388 Å². The van der Waals surface area contributed by atoms with Gasteiger partial charge in [-0.3, -0.25) is 37.3 Å². The van der Waals surface area contributed by atoms with Crippen LogP contribution in [0.25, 0.3) is 0 Å². The number of rotatable bonds is 74. The Hall–Kier alpha value is -1.94. The largest absolute Gasteiger partial charge is 0.472 e. The number of hydrogen-bond donors (Lipinski definition) is 3. The summed E-state index contributed by atoms with van der Waals surface area (Å²) in [6.45, 7) is 7.23. The first kappa shape index (κ1) is 91.1. The Morgan fingerprint density at radius 3 is 0.731 bits per heavy atom. The van der Waals surface area contributed by atoms with Crippen LogP contribution in [-0.4, -0.2) is 96.7 Å². The summed E-state index contributed by atoms with van der Waals surface area (Å²) in [5.41, 5.74) is 0. The second kappa shape index (κ2) is 67.3. The fourth-order valence-corrected chi connectivity index (χ4v) is 12.9. The lowest BCUT2D eigenvalue weighted by Crippen LogP contribution is -2.30. The van der Waals surface area contributed by atoms with Gasteiger partial charge in [-0.25, -0.2) is 9.13 Å². The predicted molar refractivity (Wildman–Crippen MR) is 377 cm³/mol. The number of aliphatic hydroxyl groups is 1. The molecule has 19 heteroatoms. The molecule has 0 amide bonds. The summed E-state index contributed by atoms with van der Waals surface area (Å²) < 4.78 is 68.3. The molecule has 0 aliphatic heterocycles. The minimum atomic E-state index is -4.95. The summed E-state index contributed by atoms with van der Waals surface area (Å²) in [7, 11) is -9.90. The molecular formula is C74H144O17P2. The standard InChI is InChI=1S/C74H144O17P2/c1-6-9-12-15-18-21-22-23-24-25-26-27-28-29-30-31-32-35-40-45-50-55-60-74(79)91-70(64-85-72(77)58-53-48-43-39-36-33-34-38-41-46-51-56-67(4)5)66-89-93(82,83)87-62-68(75)61-86-92(80,81)88-65-69(63-84-71(76)57-52-47-42-20-17-14-11-8-3)90-73(78)59-54-49-44-37-19-16-13-10-7-2/h67-70,75H,6-66H2,1-5H3,(H,80,81)(H,82,83)/t68-,69+,70+/m0/s1. The van der Waals surface area contributed by atoms with E-state index < -0.39 is 97.5 Å². The summed E-state index contributed by atoms with van der Waals surface area (Å²) in [5.74, 6) is -1.35. The maximum absolute atomic E-state index is 13.1. The van der Waals surface area contributed by atoms with Crippen molar-refractivity contribution in [1.82, 2.24) is 0 Å². The fraction of sp³-hybridized carbons (Fsp3) is 0.946. The van der Waals surface area contributed by atoms with Gasteiger partial charge in [0.1, 0.15) is 19.3 Å². The van der Waals surface area contributed by atoms with E-state index in [1.807, 2.05) is 0 Å². The van der Waals surface area contributed by atoms with Gasteiger partial charge in [0.05, 0.1) is 26.4 Å². The van der Waals surface area contributed by atoms with Gasteiger partial charge in [0, 0.05) is 25.7 Å². The maximum atomic E-state index is 13.1. The van der Waals surface area contributed by atoms with Crippen LogP contribution in [-0.2, 0) is 65.4 Å². The van der Waals surface area contributed by atoms with Crippen molar-refractivity contribution in [3.05, 3.63) is 0 Å². The molecule has 0 aliphatic rings. The molecule has 3 N–H and O–H groups in total. The quantitative estimate of drug-likeness (QED) is 0.0222. The Morgan fingerprint density at radius 1 is 0.290 bits per heavy atom. The molecule has 0 saturated heterocycles. The van der Waals surface area contributed by atoms with Crippen LogP contribution in [0.2, 0.25) is 0 Å². The molecule has 0 spiro atoms. The van der Waals surface area contributed by atoms with Crippen molar-refractivity contribution in [3.63, 3.8) is 0 Å². The summed E-state index contributed by atoms with van der Waals surface area (Å²) in [5, 5.41) is 10.6. The molecule has 0 aromatic heterocycles. The highest BCUT2D eigenvalue weighted by Gasteiger charge is 2.30. The first-order valence-electron chi connectivity index (χ1n) is 38.6. The third kappa shape index (κ3) is 68.4. The Morgan fingerprint density at radius 2 is 0.495 bits per heavy atom. The van der Waals surface area contributed by atoms with Gasteiger partial charge in [0.2, 0.25) is 0 Å². The highest BCUT2D eigenvalue weighted by molar-refractivity contribution is 7.47. The minimum absolute atomic E-state index is 0.106. The summed E-state index contributed by atoms with van der Waals surface area (Å²) in [6.07, 6.45) is 55.8. The summed E-state index contributed by atoms with van der Waals surface area (Å²) in [4.78, 5) is 72.5. The van der Waals surface area contributed by atoms with Crippen LogP contribution in [0.5, 0.6) is 0 Å². The maximum Gasteiger partial charge on any atom is 0.472 e. The zero-order valence-corrected chi connectivity index (χ0v) is 62.2. The van der Waals surface area contributed by atoms with Crippen LogP contribution >= 0.6 is 15.6 Å². The Labute approximate surface area is 568 Å². The first-order chi connectivity index (χ1) is 45.0. The zero-order chi connectivity index (χ0) is 68.4. The number of esters is 4. The van der Waals surface area contributed by atoms with Gasteiger partial charge >= 0.3 is 39.5 Å². The van der Waals surface area contributed by atoms with E-state index in [1.165, 1.54) is 205 Å². The lowest BCUT2D eigenvalue weighted by Gasteiger charge is -2.21. The highest BCUT2D eigenvalue weighted by Crippen LogP contribution is 2.45. The average molecular weight is 1370 g/mol. The number of ether oxygens (including phenoxy) is 4. The molecule has 0 aromatic rings. The fourth-order valence-electron chi connectivity index (χ4n) is 11.4. The van der Waals surface area contributed by atoms with Gasteiger partial charge in [0.25, 0.3) is 0 Å². The third-order valence-electron chi connectivity index (χ3n) is 17.3. The Bertz CT molecular complexity index is 1790. The van der Waals surface area contributed by atoms with Crippen molar-refractivity contribution < 1.29 is 80.2 Å². The molecule has 552 valence electrons. The van der Waals surface area contributed by atoms with E-state index in [0.717, 1.165) is 102 Å². The van der Waals surface area contributed by atoms with E-state index in [9.17, 15) is 43.2 Å². The molecule has 0 saturated carbocycles. The van der Waals surface area contributed by atoms with Crippen molar-refractivity contribution in [2.45, 2.75) is 406 Å². The van der Waals surface area contributed by atoms with Crippen LogP contribution in [0, 0.1) is 5.92 Å². The molecule has 0 fully saturated rings. The van der Waals surface area contributed by atoms with Gasteiger partial charge in [-0.2, -0.15) is 0 Å². The molecule has 0 bridgehead atoms. The lowest BCUT2D eigenvalue weighted by molar-refractivity contribution is -0.161. The van der Waals surface area contributed by atoms with E-state index in [-0.39, 0.29) is 25.7 Å². The van der Waals surface area contributed by atoms with Crippen molar-refractivity contribution in [1.29, 1.82) is 0 Å². The SMILES string of the molecule is CCCCCCCCCCCCCCCCCCCCCCCCC(=O)O[C@H](COC(=O)CCCCCCCCCCCCCC(C)C)COP(=O)(O)OC[C@@H](O)COP(=O)(O)OC[C@@H](COC(=O)CCCCCCCCCC)OC(=O)CCCCCCCCCCC. The second-order valence-corrected chi connectivity index (χ2v) is 30.1. The molecule has 0 heterocycles. The third-order valence-corrected chi connectivity index (χ3v) is 19.2. The summed E-state index contributed by atoms with van der Waals surface area (Å²) >= 11 is 0. The molecule has 0 rings (SSSR count). The molecule has 5 atom stereocenters. The number of phosphoric acid groups is 2. The molecule has 17 nitrogen and oxygen atoms in total. The van der Waals surface area contributed by atoms with Gasteiger partial charge < -0.3 is 33.8 Å². The molecule has 0 radical (unpaired) electrons. The molecular weight excluding hydrogens is 1220 g/mol. The zero-order valence-electron chi connectivity index (χ0n) is 60.4. The van der Waals surface area contributed by atoms with Crippen molar-refractivity contribution in [2.75, 3.05) is 39.6 Å². The number of hydrogen-bond acceptors (Lipinski definition) is 15. The lowest BCUT2D eigenvalue weighted by atomic mass is 10.0. The van der Waals surface area contributed by atoms with Crippen LogP contribution in [0.3, 0.4) is 0 Å². The highest BCUT2D eigenvalue weighted by atomic mass is 31.2. The second-order valence-electron chi connectivity index (χ2n) is 27.2. The first-order valence-corrected chi connectivity index (χ1v) is 41.6. The van der Waals surface area contributed by atoms with E-state index >= 15 is 0 Å². The predicted octanol–water partition coefficient (Wildman–Crippen LogP) is 21.7. The van der Waals surface area contributed by atoms with Gasteiger partial charge in [0.15, 0.2) is 12.2 Å². The minimum Gasteiger partial charge on any atom is -0.462 e. The Kier molecular flexibility index (Phi) is 65.9. The van der Waals surface area contributed by atoms with Gasteiger partial charge in [-0.05, 0) is 31.6 Å². The number of phosphoric ester groups is 2. The van der Waals surface area contributed by atoms with Crippen molar-refractivity contribution in [3.8, 4) is 0 Å². The summed E-state index contributed by atoms with van der Waals surface area (Å²) in [6, 6.07) is 0. The monoisotopic (exact) mass is 1370 g/mol.